The molecule has 0 aliphatic heterocycles. The Hall–Kier alpha value is -4.21. The zero-order valence-electron chi connectivity index (χ0n) is 16.8. The molecule has 1 N–H and O–H groups in total. The van der Waals surface area contributed by atoms with Gasteiger partial charge in [0.1, 0.15) is 34.2 Å². The summed E-state index contributed by atoms with van der Waals surface area (Å²) in [5, 5.41) is 33.4. The van der Waals surface area contributed by atoms with Crippen molar-refractivity contribution in [2.45, 2.75) is 25.7 Å². The number of nitrogens with one attached hydrogen (secondary N) is 1. The maximum atomic E-state index is 12.7. The normalized spacial score (nSPS) is 13.0. The number of carbonyl (C=O) groups is 1. The van der Waals surface area contributed by atoms with Crippen LogP contribution in [0.25, 0.3) is 17.4 Å². The van der Waals surface area contributed by atoms with Crippen molar-refractivity contribution in [2.75, 3.05) is 5.32 Å². The van der Waals surface area contributed by atoms with Gasteiger partial charge in [0.05, 0.1) is 16.1 Å². The van der Waals surface area contributed by atoms with Crippen LogP contribution in [0.4, 0.5) is 10.7 Å². The fraction of sp³-hybridized carbons (Fsp3) is 0.174. The van der Waals surface area contributed by atoms with Gasteiger partial charge in [-0.15, -0.1) is 11.3 Å². The molecule has 4 rings (SSSR count). The van der Waals surface area contributed by atoms with Crippen molar-refractivity contribution in [3.05, 3.63) is 73.8 Å². The van der Waals surface area contributed by atoms with Gasteiger partial charge in [0.25, 0.3) is 11.6 Å². The Bertz CT molecular complexity index is 1340. The van der Waals surface area contributed by atoms with Crippen LogP contribution in [0.1, 0.15) is 34.6 Å². The zero-order valence-corrected chi connectivity index (χ0v) is 17.6. The number of fused-ring (bicyclic) bond motifs is 1. The van der Waals surface area contributed by atoms with Gasteiger partial charge in [-0.1, -0.05) is 12.1 Å². The highest BCUT2D eigenvalue weighted by Gasteiger charge is 2.23. The number of hydrogen-bond acceptors (Lipinski definition) is 7. The van der Waals surface area contributed by atoms with E-state index in [9.17, 15) is 25.4 Å². The summed E-state index contributed by atoms with van der Waals surface area (Å²) in [5.41, 5.74) is 1.43. The summed E-state index contributed by atoms with van der Waals surface area (Å²) in [6, 6.07) is 13.2. The minimum atomic E-state index is -0.647. The largest absolute Gasteiger partial charge is 0.456 e. The fourth-order valence-electron chi connectivity index (χ4n) is 3.65. The van der Waals surface area contributed by atoms with Crippen LogP contribution >= 0.6 is 11.3 Å². The number of aryl methyl sites for hydroxylation is 1. The third kappa shape index (κ3) is 4.02. The smallest absolute Gasteiger partial charge is 0.280 e. The minimum Gasteiger partial charge on any atom is -0.456 e. The highest BCUT2D eigenvalue weighted by molar-refractivity contribution is 7.16. The molecule has 0 saturated heterocycles. The van der Waals surface area contributed by atoms with E-state index >= 15 is 0 Å². The number of furan rings is 1. The molecule has 2 heterocycles. The van der Waals surface area contributed by atoms with Gasteiger partial charge in [0.15, 0.2) is 0 Å². The Labute approximate surface area is 187 Å². The molecule has 0 spiro atoms. The topological polar surface area (TPSA) is 133 Å². The molecule has 1 aliphatic rings. The summed E-state index contributed by atoms with van der Waals surface area (Å²) in [6.45, 7) is 0. The highest BCUT2D eigenvalue weighted by atomic mass is 32.1. The first-order chi connectivity index (χ1) is 15.5. The van der Waals surface area contributed by atoms with Gasteiger partial charge in [-0.2, -0.15) is 10.5 Å². The number of benzene rings is 1. The summed E-state index contributed by atoms with van der Waals surface area (Å²) < 4.78 is 5.64. The quantitative estimate of drug-likeness (QED) is 0.248. The van der Waals surface area contributed by atoms with Crippen LogP contribution in [0.5, 0.6) is 0 Å². The molecule has 0 radical (unpaired) electrons. The lowest BCUT2D eigenvalue weighted by Crippen LogP contribution is -2.13. The Kier molecular flexibility index (Phi) is 5.84. The Morgan fingerprint density at radius 3 is 2.72 bits per heavy atom. The molecule has 0 saturated carbocycles. The van der Waals surface area contributed by atoms with E-state index in [1.165, 1.54) is 29.5 Å². The number of anilines is 1. The number of para-hydroxylation sites is 1. The summed E-state index contributed by atoms with van der Waals surface area (Å²) in [7, 11) is 0. The number of nitro benzene ring substituents is 1. The van der Waals surface area contributed by atoms with Crippen LogP contribution in [-0.2, 0) is 17.6 Å². The molecule has 2 aromatic heterocycles. The molecule has 8 nitrogen and oxygen atoms in total. The molecule has 0 fully saturated rings. The Morgan fingerprint density at radius 2 is 1.97 bits per heavy atom. The molecule has 1 aromatic carbocycles. The van der Waals surface area contributed by atoms with E-state index in [4.69, 9.17) is 4.42 Å². The highest BCUT2D eigenvalue weighted by Crippen LogP contribution is 2.38. The van der Waals surface area contributed by atoms with Gasteiger partial charge < -0.3 is 9.73 Å². The zero-order chi connectivity index (χ0) is 22.7. The van der Waals surface area contributed by atoms with Crippen molar-refractivity contribution in [3.63, 3.8) is 0 Å². The molecule has 32 heavy (non-hydrogen) atoms. The van der Waals surface area contributed by atoms with Crippen LogP contribution in [0.15, 0.2) is 46.4 Å². The molecule has 3 aromatic rings. The Morgan fingerprint density at radius 1 is 1.19 bits per heavy atom. The number of carbonyl (C=O) groups excluding carboxylic acids is 1. The van der Waals surface area contributed by atoms with Gasteiger partial charge in [0.2, 0.25) is 0 Å². The third-order valence-electron chi connectivity index (χ3n) is 5.15. The number of rotatable bonds is 5. The molecule has 1 amide bonds. The number of amides is 1. The van der Waals surface area contributed by atoms with Crippen molar-refractivity contribution < 1.29 is 14.1 Å². The first-order valence-electron chi connectivity index (χ1n) is 9.83. The van der Waals surface area contributed by atoms with Crippen LogP contribution < -0.4 is 5.32 Å². The van der Waals surface area contributed by atoms with Crippen LogP contribution in [0.2, 0.25) is 0 Å². The molecular weight excluding hydrogens is 428 g/mol. The molecule has 158 valence electrons. The second-order valence-corrected chi connectivity index (χ2v) is 8.23. The summed E-state index contributed by atoms with van der Waals surface area (Å²) >= 11 is 1.38. The fourth-order valence-corrected chi connectivity index (χ4v) is 4.88. The summed E-state index contributed by atoms with van der Waals surface area (Å²) in [4.78, 5) is 24.6. The maximum Gasteiger partial charge on any atom is 0.280 e. The van der Waals surface area contributed by atoms with E-state index in [0.29, 0.717) is 16.1 Å². The second kappa shape index (κ2) is 8.88. The summed E-state index contributed by atoms with van der Waals surface area (Å²) in [5.74, 6) is -0.194. The van der Waals surface area contributed by atoms with Crippen molar-refractivity contribution in [3.8, 4) is 23.5 Å². The predicted molar refractivity (Wildman–Crippen MR) is 119 cm³/mol. The second-order valence-electron chi connectivity index (χ2n) is 7.13. The summed E-state index contributed by atoms with van der Waals surface area (Å²) in [6.07, 6.45) is 5.02. The van der Waals surface area contributed by atoms with E-state index in [2.05, 4.69) is 11.4 Å². The van der Waals surface area contributed by atoms with Gasteiger partial charge in [-0.05, 0) is 49.4 Å². The van der Waals surface area contributed by atoms with E-state index in [1.807, 2.05) is 6.07 Å². The molecule has 0 bridgehead atoms. The minimum absolute atomic E-state index is 0.110. The average Bonchev–Trinajstić information content (AvgIpc) is 3.41. The monoisotopic (exact) mass is 444 g/mol. The standard InChI is InChI=1S/C23H16N4O4S/c24-12-14(22(28)26-23-18(13-25)16-5-2-4-8-21(16)32-23)11-15-9-10-20(31-15)17-6-1-3-7-19(17)27(29)30/h1,3,6-7,9-11H,2,4-5,8H2,(H,26,28). The van der Waals surface area contributed by atoms with Crippen LogP contribution in [0, 0.1) is 32.8 Å². The lowest BCUT2D eigenvalue weighted by molar-refractivity contribution is -0.384. The number of thiophene rings is 1. The molecule has 9 heteroatoms. The number of nitriles is 2. The average molecular weight is 444 g/mol. The van der Waals surface area contributed by atoms with Crippen LogP contribution in [0.3, 0.4) is 0 Å². The first kappa shape index (κ1) is 21.0. The van der Waals surface area contributed by atoms with Gasteiger partial charge >= 0.3 is 0 Å². The molecule has 0 atom stereocenters. The SMILES string of the molecule is N#CC(=Cc1ccc(-c2ccccc2[N+](=O)[O-])o1)C(=O)Nc1sc2c(c1C#N)CCCC2. The third-order valence-corrected chi connectivity index (χ3v) is 6.36. The predicted octanol–water partition coefficient (Wildman–Crippen LogP) is 5.21. The van der Waals surface area contributed by atoms with E-state index in [1.54, 1.807) is 24.3 Å². The van der Waals surface area contributed by atoms with Gasteiger partial charge in [0, 0.05) is 17.0 Å². The Balaban J connectivity index is 1.59. The molecular formula is C23H16N4O4S. The number of nitro groups is 1. The van der Waals surface area contributed by atoms with E-state index in [0.717, 1.165) is 36.1 Å². The molecule has 1 aliphatic carbocycles. The van der Waals surface area contributed by atoms with Crippen molar-refractivity contribution in [1.82, 2.24) is 0 Å². The van der Waals surface area contributed by atoms with Crippen LogP contribution in [-0.4, -0.2) is 10.8 Å². The lowest BCUT2D eigenvalue weighted by atomic mass is 9.96. The maximum absolute atomic E-state index is 12.7. The number of hydrogen-bond donors (Lipinski definition) is 1. The first-order valence-corrected chi connectivity index (χ1v) is 10.6. The van der Waals surface area contributed by atoms with Crippen molar-refractivity contribution in [1.29, 1.82) is 10.5 Å². The van der Waals surface area contributed by atoms with Crippen molar-refractivity contribution in [2.24, 2.45) is 0 Å². The number of nitrogens with zero attached hydrogens (tertiary/aromatic N) is 3. The van der Waals surface area contributed by atoms with Crippen molar-refractivity contribution >= 4 is 34.0 Å². The van der Waals surface area contributed by atoms with Gasteiger partial charge in [-0.25, -0.2) is 0 Å². The van der Waals surface area contributed by atoms with E-state index < -0.39 is 10.8 Å². The van der Waals surface area contributed by atoms with Gasteiger partial charge in [-0.3, -0.25) is 14.9 Å². The lowest BCUT2D eigenvalue weighted by Gasteiger charge is -2.09. The van der Waals surface area contributed by atoms with E-state index in [-0.39, 0.29) is 22.8 Å². The molecule has 0 unspecified atom stereocenters.